The number of benzene rings is 1. The van der Waals surface area contributed by atoms with Gasteiger partial charge in [-0.05, 0) is 24.3 Å². The number of hydrogen-bond donors (Lipinski definition) is 4. The van der Waals surface area contributed by atoms with Crippen LogP contribution in [0.1, 0.15) is 10.4 Å². The number of carbonyl (C=O) groups is 2. The van der Waals surface area contributed by atoms with Gasteiger partial charge in [-0.1, -0.05) is 5.92 Å². The van der Waals surface area contributed by atoms with Gasteiger partial charge in [0.1, 0.15) is 5.82 Å². The van der Waals surface area contributed by atoms with Crippen molar-refractivity contribution in [3.8, 4) is 12.3 Å². The molecule has 0 spiro atoms. The molecule has 0 saturated carbocycles. The van der Waals surface area contributed by atoms with E-state index in [9.17, 15) is 9.59 Å². The number of anilines is 4. The van der Waals surface area contributed by atoms with Crippen LogP contribution in [0.25, 0.3) is 0 Å². The molecule has 25 heavy (non-hydrogen) atoms. The molecule has 1 aromatic heterocycles. The van der Waals surface area contributed by atoms with Crippen LogP contribution in [-0.2, 0) is 4.74 Å². The SMILES string of the molecule is C#CCNc1nc(Nc2ccc(NC(=O)OC)cc2)ncc1C(N)=O. The molecule has 2 rings (SSSR count). The largest absolute Gasteiger partial charge is 0.453 e. The Kier molecular flexibility index (Phi) is 5.73. The van der Waals surface area contributed by atoms with Crippen molar-refractivity contribution in [1.29, 1.82) is 0 Å². The van der Waals surface area contributed by atoms with Gasteiger partial charge in [0, 0.05) is 17.6 Å². The summed E-state index contributed by atoms with van der Waals surface area (Å²) >= 11 is 0. The van der Waals surface area contributed by atoms with E-state index in [-0.39, 0.29) is 23.9 Å². The molecule has 128 valence electrons. The minimum absolute atomic E-state index is 0.137. The van der Waals surface area contributed by atoms with Crippen LogP contribution in [0.3, 0.4) is 0 Å². The number of terminal acetylenes is 1. The molecule has 0 radical (unpaired) electrons. The molecule has 2 aromatic rings. The average molecular weight is 340 g/mol. The van der Waals surface area contributed by atoms with Gasteiger partial charge in [0.25, 0.3) is 5.91 Å². The Bertz CT molecular complexity index is 814. The molecule has 9 nitrogen and oxygen atoms in total. The predicted octanol–water partition coefficient (Wildman–Crippen LogP) is 1.54. The molecule has 0 fully saturated rings. The highest BCUT2D eigenvalue weighted by atomic mass is 16.5. The number of ether oxygens (including phenoxy) is 1. The highest BCUT2D eigenvalue weighted by molar-refractivity contribution is 5.97. The number of amides is 2. The van der Waals surface area contributed by atoms with E-state index in [1.54, 1.807) is 24.3 Å². The summed E-state index contributed by atoms with van der Waals surface area (Å²) in [6.07, 6.45) is 5.95. The van der Waals surface area contributed by atoms with Gasteiger partial charge in [0.2, 0.25) is 5.95 Å². The first-order valence-corrected chi connectivity index (χ1v) is 7.09. The second-order valence-corrected chi connectivity index (χ2v) is 4.70. The standard InChI is InChI=1S/C16H16N6O3/c1-3-8-18-14-12(13(17)23)9-19-15(22-14)20-10-4-6-11(7-5-10)21-16(24)25-2/h1,4-7,9H,8H2,2H3,(H2,17,23)(H,21,24)(H2,18,19,20,22). The normalized spacial score (nSPS) is 9.60. The third-order valence-electron chi connectivity index (χ3n) is 2.98. The topological polar surface area (TPSA) is 131 Å². The van der Waals surface area contributed by atoms with Crippen LogP contribution in [0.2, 0.25) is 0 Å². The Hall–Kier alpha value is -3.80. The molecule has 0 aliphatic carbocycles. The summed E-state index contributed by atoms with van der Waals surface area (Å²) in [5, 5.41) is 8.32. The number of nitrogens with zero attached hydrogens (tertiary/aromatic N) is 2. The molecule has 5 N–H and O–H groups in total. The van der Waals surface area contributed by atoms with Gasteiger partial charge < -0.3 is 21.1 Å². The van der Waals surface area contributed by atoms with E-state index in [1.165, 1.54) is 13.3 Å². The molecule has 0 saturated heterocycles. The Labute approximate surface area is 144 Å². The van der Waals surface area contributed by atoms with Crippen LogP contribution in [0.5, 0.6) is 0 Å². The van der Waals surface area contributed by atoms with E-state index < -0.39 is 12.0 Å². The number of hydrogen-bond acceptors (Lipinski definition) is 7. The number of carbonyl (C=O) groups excluding carboxylic acids is 2. The smallest absolute Gasteiger partial charge is 0.411 e. The van der Waals surface area contributed by atoms with E-state index >= 15 is 0 Å². The van der Waals surface area contributed by atoms with Gasteiger partial charge in [-0.3, -0.25) is 10.1 Å². The molecule has 1 heterocycles. The second kappa shape index (κ2) is 8.16. The third-order valence-corrected chi connectivity index (χ3v) is 2.98. The Morgan fingerprint density at radius 2 is 1.96 bits per heavy atom. The summed E-state index contributed by atoms with van der Waals surface area (Å²) in [5.41, 5.74) is 6.66. The molecule has 0 unspecified atom stereocenters. The summed E-state index contributed by atoms with van der Waals surface area (Å²) in [7, 11) is 1.28. The first-order chi connectivity index (χ1) is 12.0. The summed E-state index contributed by atoms with van der Waals surface area (Å²) in [6, 6.07) is 6.78. The lowest BCUT2D eigenvalue weighted by Gasteiger charge is -2.10. The van der Waals surface area contributed by atoms with Crippen molar-refractivity contribution in [3.63, 3.8) is 0 Å². The zero-order valence-electron chi connectivity index (χ0n) is 13.4. The first-order valence-electron chi connectivity index (χ1n) is 7.09. The molecular weight excluding hydrogens is 324 g/mol. The molecular formula is C16H16N6O3. The fourth-order valence-electron chi connectivity index (χ4n) is 1.83. The molecule has 0 aliphatic heterocycles. The molecule has 1 aromatic carbocycles. The fraction of sp³-hybridized carbons (Fsp3) is 0.125. The minimum atomic E-state index is -0.663. The number of nitrogens with two attached hydrogens (primary N) is 1. The molecule has 2 amide bonds. The summed E-state index contributed by atoms with van der Waals surface area (Å²) in [5.74, 6) is 2.22. The predicted molar refractivity (Wildman–Crippen MR) is 93.6 cm³/mol. The first kappa shape index (κ1) is 17.6. The van der Waals surface area contributed by atoms with Crippen LogP contribution in [0, 0.1) is 12.3 Å². The Balaban J connectivity index is 2.15. The lowest BCUT2D eigenvalue weighted by molar-refractivity contribution is 0.100. The number of nitrogens with one attached hydrogen (secondary N) is 3. The number of methoxy groups -OCH3 is 1. The van der Waals surface area contributed by atoms with Gasteiger partial charge in [-0.2, -0.15) is 4.98 Å². The van der Waals surface area contributed by atoms with Crippen molar-refractivity contribution in [2.45, 2.75) is 0 Å². The third kappa shape index (κ3) is 4.84. The molecule has 0 bridgehead atoms. The summed E-state index contributed by atoms with van der Waals surface area (Å²) in [6.45, 7) is 0.185. The number of primary amides is 1. The van der Waals surface area contributed by atoms with Crippen molar-refractivity contribution in [2.75, 3.05) is 29.6 Å². The minimum Gasteiger partial charge on any atom is -0.453 e. The Morgan fingerprint density at radius 3 is 2.56 bits per heavy atom. The highest BCUT2D eigenvalue weighted by Gasteiger charge is 2.11. The molecule has 9 heteroatoms. The molecule has 0 aliphatic rings. The maximum Gasteiger partial charge on any atom is 0.411 e. The van der Waals surface area contributed by atoms with Crippen LogP contribution in [-0.4, -0.2) is 35.6 Å². The summed E-state index contributed by atoms with van der Waals surface area (Å²) in [4.78, 5) is 30.8. The van der Waals surface area contributed by atoms with Gasteiger partial charge in [-0.15, -0.1) is 6.42 Å². The van der Waals surface area contributed by atoms with Crippen molar-refractivity contribution in [1.82, 2.24) is 9.97 Å². The van der Waals surface area contributed by atoms with Crippen LogP contribution >= 0.6 is 0 Å². The lowest BCUT2D eigenvalue weighted by atomic mass is 10.2. The van der Waals surface area contributed by atoms with Gasteiger partial charge in [-0.25, -0.2) is 9.78 Å². The van der Waals surface area contributed by atoms with Crippen LogP contribution < -0.4 is 21.7 Å². The van der Waals surface area contributed by atoms with Gasteiger partial charge >= 0.3 is 6.09 Å². The zero-order chi connectivity index (χ0) is 18.2. The van der Waals surface area contributed by atoms with Gasteiger partial charge in [0.05, 0.1) is 19.2 Å². The van der Waals surface area contributed by atoms with Crippen LogP contribution in [0.15, 0.2) is 30.5 Å². The monoisotopic (exact) mass is 340 g/mol. The van der Waals surface area contributed by atoms with Crippen molar-refractivity contribution >= 4 is 35.1 Å². The quantitative estimate of drug-likeness (QED) is 0.587. The van der Waals surface area contributed by atoms with Crippen molar-refractivity contribution < 1.29 is 14.3 Å². The molecule has 0 atom stereocenters. The zero-order valence-corrected chi connectivity index (χ0v) is 13.4. The Morgan fingerprint density at radius 1 is 1.28 bits per heavy atom. The maximum absolute atomic E-state index is 11.4. The van der Waals surface area contributed by atoms with E-state index in [1.807, 2.05) is 0 Å². The van der Waals surface area contributed by atoms with E-state index in [4.69, 9.17) is 12.2 Å². The maximum atomic E-state index is 11.4. The van der Waals surface area contributed by atoms with E-state index in [0.717, 1.165) is 0 Å². The second-order valence-electron chi connectivity index (χ2n) is 4.70. The fourth-order valence-corrected chi connectivity index (χ4v) is 1.83. The van der Waals surface area contributed by atoms with E-state index in [0.29, 0.717) is 11.4 Å². The van der Waals surface area contributed by atoms with Crippen molar-refractivity contribution in [3.05, 3.63) is 36.0 Å². The van der Waals surface area contributed by atoms with Crippen LogP contribution in [0.4, 0.5) is 27.9 Å². The average Bonchev–Trinajstić information content (AvgIpc) is 2.61. The number of aromatic nitrogens is 2. The highest BCUT2D eigenvalue weighted by Crippen LogP contribution is 2.19. The van der Waals surface area contributed by atoms with Gasteiger partial charge in [0.15, 0.2) is 0 Å². The van der Waals surface area contributed by atoms with Crippen molar-refractivity contribution in [2.24, 2.45) is 5.73 Å². The summed E-state index contributed by atoms with van der Waals surface area (Å²) < 4.78 is 4.51. The lowest BCUT2D eigenvalue weighted by Crippen LogP contribution is -2.17. The van der Waals surface area contributed by atoms with E-state index in [2.05, 4.69) is 36.6 Å². The number of rotatable bonds is 6.